The Balaban J connectivity index is 5.84. The molecule has 3 nitrogen and oxygen atoms in total. The Kier molecular flexibility index (Phi) is 6.73. The number of rotatable bonds is 7. The van der Waals surface area contributed by atoms with Gasteiger partial charge in [-0.3, -0.25) is 4.57 Å². The van der Waals surface area contributed by atoms with E-state index < -0.39 is 8.72 Å². The van der Waals surface area contributed by atoms with Gasteiger partial charge in [-0.05, 0) is 39.7 Å². The van der Waals surface area contributed by atoms with Crippen LogP contribution in [0.2, 0.25) is 5.04 Å². The van der Waals surface area contributed by atoms with Gasteiger partial charge in [-0.15, -0.1) is 0 Å². The highest BCUT2D eigenvalue weighted by Crippen LogP contribution is 2.48. The summed E-state index contributed by atoms with van der Waals surface area (Å²) in [4.78, 5) is 0. The van der Waals surface area contributed by atoms with Crippen LogP contribution >= 0.6 is 0 Å². The lowest BCUT2D eigenvalue weighted by Crippen LogP contribution is -2.70. The summed E-state index contributed by atoms with van der Waals surface area (Å²) in [6.07, 6.45) is 1.10. The predicted molar refractivity (Wildman–Crippen MR) is 85.4 cm³/mol. The second-order valence-corrected chi connectivity index (χ2v) is 11.0. The van der Waals surface area contributed by atoms with E-state index in [0.29, 0.717) is 5.92 Å². The fourth-order valence-electron chi connectivity index (χ4n) is 2.69. The van der Waals surface area contributed by atoms with Gasteiger partial charge in [0.2, 0.25) is 0 Å². The van der Waals surface area contributed by atoms with Crippen molar-refractivity contribution < 1.29 is 8.85 Å². The predicted octanol–water partition coefficient (Wildman–Crippen LogP) is 4.16. The van der Waals surface area contributed by atoms with Gasteiger partial charge in [0.25, 0.3) is 0 Å². The van der Waals surface area contributed by atoms with Crippen molar-refractivity contribution in [2.24, 2.45) is 5.92 Å². The van der Waals surface area contributed by atoms with Crippen LogP contribution in [-0.2, 0) is 8.85 Å². The van der Waals surface area contributed by atoms with E-state index in [4.69, 9.17) is 8.85 Å². The lowest BCUT2D eigenvalue weighted by atomic mass is 9.99. The Morgan fingerprint density at radius 3 is 1.63 bits per heavy atom. The third-order valence-corrected chi connectivity index (χ3v) is 9.34. The highest BCUT2D eigenvalue weighted by Gasteiger charge is 2.59. The van der Waals surface area contributed by atoms with E-state index >= 15 is 0 Å². The second kappa shape index (κ2) is 6.70. The van der Waals surface area contributed by atoms with Gasteiger partial charge in [-0.25, -0.2) is 0 Å². The van der Waals surface area contributed by atoms with Crippen molar-refractivity contribution in [3.63, 3.8) is 0 Å². The van der Waals surface area contributed by atoms with Gasteiger partial charge in [0.05, 0.1) is 0 Å². The maximum atomic E-state index is 6.10. The summed E-state index contributed by atoms with van der Waals surface area (Å²) in [5.41, 5.74) is 0.0421. The standard InChI is InChI=1S/C15H35NO2Si/c1-11-12-16(14(4,5)6)19(17-9,18-10)15(7,8)13(2)3/h13H,11-12H2,1-10H3. The summed E-state index contributed by atoms with van der Waals surface area (Å²) >= 11 is 0. The topological polar surface area (TPSA) is 21.7 Å². The van der Waals surface area contributed by atoms with Crippen LogP contribution in [0.5, 0.6) is 0 Å². The molecule has 19 heavy (non-hydrogen) atoms. The van der Waals surface area contributed by atoms with Crippen molar-refractivity contribution in [2.45, 2.75) is 72.4 Å². The van der Waals surface area contributed by atoms with E-state index in [1.54, 1.807) is 0 Å². The Bertz CT molecular complexity index is 268. The first-order valence-corrected chi connectivity index (χ1v) is 9.15. The van der Waals surface area contributed by atoms with Crippen molar-refractivity contribution in [1.29, 1.82) is 0 Å². The van der Waals surface area contributed by atoms with Gasteiger partial charge in [-0.1, -0.05) is 34.6 Å². The molecular formula is C15H35NO2Si. The lowest BCUT2D eigenvalue weighted by Gasteiger charge is -2.53. The van der Waals surface area contributed by atoms with E-state index in [-0.39, 0.29) is 10.6 Å². The molecule has 0 spiro atoms. The molecule has 0 aromatic carbocycles. The van der Waals surface area contributed by atoms with Crippen molar-refractivity contribution >= 4 is 8.72 Å². The summed E-state index contributed by atoms with van der Waals surface area (Å²) < 4.78 is 14.7. The Hall–Kier alpha value is 0.0969. The maximum Gasteiger partial charge on any atom is 0.433 e. The van der Waals surface area contributed by atoms with Gasteiger partial charge in [0.15, 0.2) is 0 Å². The third-order valence-electron chi connectivity index (χ3n) is 4.42. The first-order chi connectivity index (χ1) is 8.51. The summed E-state index contributed by atoms with van der Waals surface area (Å²) in [5.74, 6) is 0.501. The van der Waals surface area contributed by atoms with Gasteiger partial charge < -0.3 is 8.85 Å². The molecule has 0 fully saturated rings. The fourth-order valence-corrected chi connectivity index (χ4v) is 7.18. The first kappa shape index (κ1) is 19.1. The molecule has 0 bridgehead atoms. The zero-order chi connectivity index (χ0) is 15.5. The zero-order valence-corrected chi connectivity index (χ0v) is 15.8. The Labute approximate surface area is 122 Å². The van der Waals surface area contributed by atoms with Crippen molar-refractivity contribution in [3.8, 4) is 0 Å². The lowest BCUT2D eigenvalue weighted by molar-refractivity contribution is 0.0765. The number of nitrogens with zero attached hydrogens (tertiary/aromatic N) is 1. The van der Waals surface area contributed by atoms with Crippen molar-refractivity contribution in [3.05, 3.63) is 0 Å². The molecule has 0 N–H and O–H groups in total. The molecular weight excluding hydrogens is 254 g/mol. The van der Waals surface area contributed by atoms with Crippen LogP contribution < -0.4 is 0 Å². The summed E-state index contributed by atoms with van der Waals surface area (Å²) in [6, 6.07) is 0. The molecule has 0 aromatic rings. The normalized spacial score (nSPS) is 14.5. The van der Waals surface area contributed by atoms with Gasteiger partial charge in [-0.2, -0.15) is 0 Å². The van der Waals surface area contributed by atoms with Gasteiger partial charge in [0.1, 0.15) is 0 Å². The van der Waals surface area contributed by atoms with Crippen LogP contribution in [0.3, 0.4) is 0 Å². The van der Waals surface area contributed by atoms with Crippen molar-refractivity contribution in [2.75, 3.05) is 20.8 Å². The van der Waals surface area contributed by atoms with Crippen molar-refractivity contribution in [1.82, 2.24) is 4.57 Å². The molecule has 0 atom stereocenters. The Morgan fingerprint density at radius 2 is 1.42 bits per heavy atom. The molecule has 0 saturated heterocycles. The molecule has 4 heteroatoms. The van der Waals surface area contributed by atoms with E-state index in [1.807, 2.05) is 14.2 Å². The minimum atomic E-state index is -2.49. The fraction of sp³-hybridized carbons (Fsp3) is 1.00. The average Bonchev–Trinajstić information content (AvgIpc) is 2.28. The van der Waals surface area contributed by atoms with Crippen LogP contribution in [0.25, 0.3) is 0 Å². The quantitative estimate of drug-likeness (QED) is 0.657. The summed E-state index contributed by atoms with van der Waals surface area (Å²) in [5, 5.41) is 0.0128. The highest BCUT2D eigenvalue weighted by atomic mass is 28.4. The molecule has 0 aliphatic heterocycles. The van der Waals surface area contributed by atoms with Gasteiger partial charge >= 0.3 is 8.72 Å². The molecule has 0 aliphatic rings. The van der Waals surface area contributed by atoms with E-state index in [2.05, 4.69) is 60.0 Å². The van der Waals surface area contributed by atoms with E-state index in [1.165, 1.54) is 0 Å². The maximum absolute atomic E-state index is 6.10. The van der Waals surface area contributed by atoms with E-state index in [9.17, 15) is 0 Å². The SMILES string of the molecule is CCCN(C(C)(C)C)[Si](OC)(OC)C(C)(C)C(C)C. The summed E-state index contributed by atoms with van der Waals surface area (Å²) in [6.45, 7) is 19.0. The molecule has 0 radical (unpaired) electrons. The third kappa shape index (κ3) is 3.60. The molecule has 0 aromatic heterocycles. The molecule has 0 aliphatic carbocycles. The van der Waals surface area contributed by atoms with Crippen LogP contribution in [0.4, 0.5) is 0 Å². The molecule has 0 unspecified atom stereocenters. The molecule has 116 valence electrons. The number of hydrogen-bond donors (Lipinski definition) is 0. The average molecular weight is 290 g/mol. The Morgan fingerprint density at radius 1 is 1.00 bits per heavy atom. The minimum absolute atomic E-state index is 0.0128. The number of hydrogen-bond acceptors (Lipinski definition) is 3. The first-order valence-electron chi connectivity index (χ1n) is 7.39. The second-order valence-electron chi connectivity index (χ2n) is 7.19. The molecule has 0 saturated carbocycles. The monoisotopic (exact) mass is 289 g/mol. The highest BCUT2D eigenvalue weighted by molar-refractivity contribution is 6.68. The van der Waals surface area contributed by atoms with Crippen LogP contribution in [0.15, 0.2) is 0 Å². The van der Waals surface area contributed by atoms with Crippen LogP contribution in [-0.4, -0.2) is 39.6 Å². The van der Waals surface area contributed by atoms with Crippen LogP contribution in [0, 0.1) is 5.92 Å². The van der Waals surface area contributed by atoms with Gasteiger partial charge in [0, 0.05) is 24.8 Å². The summed E-state index contributed by atoms with van der Waals surface area (Å²) in [7, 11) is 1.14. The van der Waals surface area contributed by atoms with E-state index in [0.717, 1.165) is 13.0 Å². The smallest absolute Gasteiger partial charge is 0.386 e. The minimum Gasteiger partial charge on any atom is -0.386 e. The zero-order valence-electron chi connectivity index (χ0n) is 14.8. The molecule has 0 heterocycles. The van der Waals surface area contributed by atoms with Crippen LogP contribution in [0.1, 0.15) is 61.8 Å². The largest absolute Gasteiger partial charge is 0.433 e. The molecule has 0 rings (SSSR count). The molecule has 0 amide bonds.